The van der Waals surface area contributed by atoms with Gasteiger partial charge >= 0.3 is 5.97 Å². The number of hydrogen-bond donors (Lipinski definition) is 2. The summed E-state index contributed by atoms with van der Waals surface area (Å²) in [5.41, 5.74) is 2.41. The lowest BCUT2D eigenvalue weighted by Gasteiger charge is -2.28. The Morgan fingerprint density at radius 2 is 2.26 bits per heavy atom. The van der Waals surface area contributed by atoms with Crippen molar-refractivity contribution in [3.05, 3.63) is 29.6 Å². The minimum absolute atomic E-state index is 0.170. The second kappa shape index (κ2) is 6.66. The van der Waals surface area contributed by atoms with E-state index in [4.69, 9.17) is 0 Å². The summed E-state index contributed by atoms with van der Waals surface area (Å²) in [7, 11) is 0. The van der Waals surface area contributed by atoms with Gasteiger partial charge in [0, 0.05) is 18.9 Å². The molecule has 104 valence electrons. The van der Waals surface area contributed by atoms with Crippen LogP contribution in [-0.4, -0.2) is 22.6 Å². The highest BCUT2D eigenvalue weighted by molar-refractivity contribution is 5.70. The molecule has 1 aromatic heterocycles. The summed E-state index contributed by atoms with van der Waals surface area (Å²) in [4.78, 5) is 15.3. The van der Waals surface area contributed by atoms with E-state index in [-0.39, 0.29) is 11.8 Å². The fourth-order valence-electron chi connectivity index (χ4n) is 2.85. The van der Waals surface area contributed by atoms with E-state index in [0.29, 0.717) is 0 Å². The highest BCUT2D eigenvalue weighted by Gasteiger charge is 2.30. The number of aromatic nitrogens is 1. The van der Waals surface area contributed by atoms with E-state index in [1.807, 2.05) is 12.3 Å². The van der Waals surface area contributed by atoms with Crippen molar-refractivity contribution in [2.75, 3.05) is 6.54 Å². The van der Waals surface area contributed by atoms with Crippen molar-refractivity contribution in [1.82, 2.24) is 10.3 Å². The summed E-state index contributed by atoms with van der Waals surface area (Å²) in [6.45, 7) is 3.62. The highest BCUT2D eigenvalue weighted by Crippen LogP contribution is 2.29. The van der Waals surface area contributed by atoms with Gasteiger partial charge in [-0.1, -0.05) is 12.8 Å². The lowest BCUT2D eigenvalue weighted by molar-refractivity contribution is -0.144. The Bertz CT molecular complexity index is 434. The number of nitrogens with one attached hydrogen (secondary N) is 1. The molecule has 0 spiro atoms. The molecule has 2 atom stereocenters. The molecule has 1 fully saturated rings. The van der Waals surface area contributed by atoms with Crippen LogP contribution in [0.25, 0.3) is 0 Å². The zero-order valence-electron chi connectivity index (χ0n) is 11.4. The third kappa shape index (κ3) is 3.77. The van der Waals surface area contributed by atoms with E-state index in [9.17, 15) is 9.90 Å². The number of aliphatic carboxylic acids is 1. The Morgan fingerprint density at radius 1 is 1.47 bits per heavy atom. The molecule has 0 aliphatic heterocycles. The van der Waals surface area contributed by atoms with Gasteiger partial charge in [-0.3, -0.25) is 9.78 Å². The van der Waals surface area contributed by atoms with Gasteiger partial charge in [0.2, 0.25) is 0 Å². The van der Waals surface area contributed by atoms with Crippen LogP contribution in [0.15, 0.2) is 18.5 Å². The molecule has 1 aliphatic rings. The molecule has 4 heteroatoms. The van der Waals surface area contributed by atoms with Crippen molar-refractivity contribution in [2.45, 2.75) is 39.2 Å². The van der Waals surface area contributed by atoms with Gasteiger partial charge in [0.1, 0.15) is 0 Å². The number of rotatable bonds is 5. The highest BCUT2D eigenvalue weighted by atomic mass is 16.4. The second-order valence-corrected chi connectivity index (χ2v) is 5.42. The van der Waals surface area contributed by atoms with E-state index < -0.39 is 5.97 Å². The maximum atomic E-state index is 11.2. The number of carboxylic acids is 1. The second-order valence-electron chi connectivity index (χ2n) is 5.42. The van der Waals surface area contributed by atoms with Gasteiger partial charge in [-0.15, -0.1) is 0 Å². The first-order valence-electron chi connectivity index (χ1n) is 7.01. The normalized spacial score (nSPS) is 23.2. The minimum Gasteiger partial charge on any atom is -0.481 e. The van der Waals surface area contributed by atoms with Crippen LogP contribution in [0.3, 0.4) is 0 Å². The van der Waals surface area contributed by atoms with Crippen molar-refractivity contribution >= 4 is 5.97 Å². The average molecular weight is 262 g/mol. The molecule has 1 saturated carbocycles. The fourth-order valence-corrected chi connectivity index (χ4v) is 2.85. The molecule has 2 unspecified atom stereocenters. The molecule has 0 amide bonds. The number of pyridine rings is 1. The molecular formula is C15H22N2O2. The van der Waals surface area contributed by atoms with Crippen LogP contribution in [0.1, 0.15) is 36.8 Å². The fraction of sp³-hybridized carbons (Fsp3) is 0.600. The molecule has 4 nitrogen and oxygen atoms in total. The van der Waals surface area contributed by atoms with Gasteiger partial charge in [-0.25, -0.2) is 0 Å². The van der Waals surface area contributed by atoms with E-state index in [1.165, 1.54) is 11.1 Å². The summed E-state index contributed by atoms with van der Waals surface area (Å²) in [5.74, 6) is -0.538. The maximum Gasteiger partial charge on any atom is 0.306 e. The van der Waals surface area contributed by atoms with Crippen LogP contribution in [0.4, 0.5) is 0 Å². The predicted molar refractivity (Wildman–Crippen MR) is 73.8 cm³/mol. The molecular weight excluding hydrogens is 240 g/mol. The standard InChI is InChI=1S/C15H22N2O2/c1-11-6-7-16-9-13(11)10-17-8-12-4-2-3-5-14(12)15(18)19/h6-7,9,12,14,17H,2-5,8,10H2,1H3,(H,18,19). The zero-order valence-corrected chi connectivity index (χ0v) is 11.4. The summed E-state index contributed by atoms with van der Waals surface area (Å²) < 4.78 is 0. The van der Waals surface area contributed by atoms with Gasteiger partial charge < -0.3 is 10.4 Å². The van der Waals surface area contributed by atoms with Crippen LogP contribution >= 0.6 is 0 Å². The van der Waals surface area contributed by atoms with Crippen molar-refractivity contribution in [1.29, 1.82) is 0 Å². The summed E-state index contributed by atoms with van der Waals surface area (Å²) in [6, 6.07) is 2.00. The van der Waals surface area contributed by atoms with Crippen molar-refractivity contribution < 1.29 is 9.90 Å². The van der Waals surface area contributed by atoms with Gasteiger partial charge in [-0.2, -0.15) is 0 Å². The quantitative estimate of drug-likeness (QED) is 0.855. The van der Waals surface area contributed by atoms with E-state index in [1.54, 1.807) is 6.20 Å². The van der Waals surface area contributed by atoms with Gasteiger partial charge in [0.25, 0.3) is 0 Å². The molecule has 1 heterocycles. The molecule has 0 bridgehead atoms. The lowest BCUT2D eigenvalue weighted by atomic mass is 9.79. The van der Waals surface area contributed by atoms with Crippen LogP contribution in [0, 0.1) is 18.8 Å². The maximum absolute atomic E-state index is 11.2. The zero-order chi connectivity index (χ0) is 13.7. The van der Waals surface area contributed by atoms with Crippen LogP contribution in [0.5, 0.6) is 0 Å². The third-order valence-electron chi connectivity index (χ3n) is 4.10. The molecule has 0 saturated heterocycles. The minimum atomic E-state index is -0.635. The van der Waals surface area contributed by atoms with Crippen LogP contribution in [0.2, 0.25) is 0 Å². The molecule has 19 heavy (non-hydrogen) atoms. The van der Waals surface area contributed by atoms with Crippen molar-refractivity contribution in [2.24, 2.45) is 11.8 Å². The molecule has 2 rings (SSSR count). The molecule has 2 N–H and O–H groups in total. The Balaban J connectivity index is 1.84. The first-order chi connectivity index (χ1) is 9.18. The summed E-state index contributed by atoms with van der Waals surface area (Å²) in [6.07, 6.45) is 7.72. The Morgan fingerprint density at radius 3 is 3.00 bits per heavy atom. The van der Waals surface area contributed by atoms with Gasteiger partial charge in [0.15, 0.2) is 0 Å². The smallest absolute Gasteiger partial charge is 0.306 e. The van der Waals surface area contributed by atoms with E-state index >= 15 is 0 Å². The van der Waals surface area contributed by atoms with Gasteiger partial charge in [0.05, 0.1) is 5.92 Å². The Kier molecular flexibility index (Phi) is 4.91. The number of nitrogens with zero attached hydrogens (tertiary/aromatic N) is 1. The number of hydrogen-bond acceptors (Lipinski definition) is 3. The Labute approximate surface area is 114 Å². The number of carbonyl (C=O) groups is 1. The van der Waals surface area contributed by atoms with Crippen molar-refractivity contribution in [3.63, 3.8) is 0 Å². The van der Waals surface area contributed by atoms with Gasteiger partial charge in [-0.05, 0) is 49.4 Å². The van der Waals surface area contributed by atoms with Crippen molar-refractivity contribution in [3.8, 4) is 0 Å². The molecule has 0 radical (unpaired) electrons. The largest absolute Gasteiger partial charge is 0.481 e. The predicted octanol–water partition coefficient (Wildman–Crippen LogP) is 2.37. The Hall–Kier alpha value is -1.42. The number of carboxylic acid groups (broad SMARTS) is 1. The van der Waals surface area contributed by atoms with E-state index in [0.717, 1.165) is 38.8 Å². The average Bonchev–Trinajstić information content (AvgIpc) is 2.41. The van der Waals surface area contributed by atoms with E-state index in [2.05, 4.69) is 17.2 Å². The topological polar surface area (TPSA) is 62.2 Å². The SMILES string of the molecule is Cc1ccncc1CNCC1CCCCC1C(=O)O. The summed E-state index contributed by atoms with van der Waals surface area (Å²) in [5, 5.41) is 12.6. The molecule has 1 aromatic rings. The third-order valence-corrected chi connectivity index (χ3v) is 4.10. The van der Waals surface area contributed by atoms with Crippen LogP contribution < -0.4 is 5.32 Å². The molecule has 0 aromatic carbocycles. The monoisotopic (exact) mass is 262 g/mol. The van der Waals surface area contributed by atoms with Crippen LogP contribution in [-0.2, 0) is 11.3 Å². The molecule has 1 aliphatic carbocycles. The lowest BCUT2D eigenvalue weighted by Crippen LogP contribution is -2.34. The first-order valence-corrected chi connectivity index (χ1v) is 7.01. The summed E-state index contributed by atoms with van der Waals surface area (Å²) >= 11 is 0. The first kappa shape index (κ1) is 14.0. The number of aryl methyl sites for hydroxylation is 1.